The summed E-state index contributed by atoms with van der Waals surface area (Å²) in [5, 5.41) is 3.13. The summed E-state index contributed by atoms with van der Waals surface area (Å²) in [6.07, 6.45) is 13.0. The summed E-state index contributed by atoms with van der Waals surface area (Å²) in [5.74, 6) is 2.25. The Kier molecular flexibility index (Phi) is 5.86. The van der Waals surface area contributed by atoms with E-state index in [1.165, 1.54) is 12.8 Å². The first-order valence-corrected chi connectivity index (χ1v) is 11.5. The Bertz CT molecular complexity index is 1140. The van der Waals surface area contributed by atoms with Crippen LogP contribution in [-0.4, -0.2) is 47.6 Å². The zero-order chi connectivity index (χ0) is 22.8. The Balaban J connectivity index is 1.30. The van der Waals surface area contributed by atoms with Crippen molar-refractivity contribution < 1.29 is 9.53 Å². The smallest absolute Gasteiger partial charge is 0.328 e. The van der Waals surface area contributed by atoms with Gasteiger partial charge in [-0.2, -0.15) is 0 Å². The zero-order valence-electron chi connectivity index (χ0n) is 19.1. The predicted molar refractivity (Wildman–Crippen MR) is 130 cm³/mol. The summed E-state index contributed by atoms with van der Waals surface area (Å²) in [4.78, 5) is 26.8. The molecule has 0 radical (unpaired) electrons. The first-order valence-electron chi connectivity index (χ1n) is 11.5. The second-order valence-electron chi connectivity index (χ2n) is 8.83. The molecule has 0 aromatic heterocycles. The summed E-state index contributed by atoms with van der Waals surface area (Å²) >= 11 is 0. The van der Waals surface area contributed by atoms with Crippen molar-refractivity contribution in [3.63, 3.8) is 0 Å². The number of allylic oxidation sites excluding steroid dienone is 4. The number of hydrogen-bond acceptors (Lipinski definition) is 5. The molecule has 0 saturated heterocycles. The van der Waals surface area contributed by atoms with Gasteiger partial charge in [0.2, 0.25) is 0 Å². The molecule has 0 unspecified atom stereocenters. The van der Waals surface area contributed by atoms with Gasteiger partial charge in [-0.1, -0.05) is 23.8 Å². The van der Waals surface area contributed by atoms with Crippen molar-refractivity contribution in [1.29, 1.82) is 0 Å². The maximum absolute atomic E-state index is 13.7. The molecule has 5 rings (SSSR count). The molecule has 33 heavy (non-hydrogen) atoms. The highest BCUT2D eigenvalue weighted by Gasteiger charge is 2.31. The highest BCUT2D eigenvalue weighted by atomic mass is 16.5. The standard InChI is InChI=1S/C26H29N5O2/c1-18-4-3-5-20(14-18)24-16-27-11-13-31(24)26(32)30(17-19-6-7-19)12-10-25-28-22-9-8-21(33-2)15-23(22)29-25/h3-5,8-9,11,13-14,16,19,27H,6-7,10,12,15,17H2,1-2H3. The van der Waals surface area contributed by atoms with Gasteiger partial charge >= 0.3 is 6.03 Å². The number of hydrogen-bond donors (Lipinski definition) is 1. The van der Waals surface area contributed by atoms with Crippen LogP contribution in [0, 0.1) is 12.8 Å². The largest absolute Gasteiger partial charge is 0.501 e. The minimum Gasteiger partial charge on any atom is -0.501 e. The second-order valence-corrected chi connectivity index (χ2v) is 8.83. The third-order valence-corrected chi connectivity index (χ3v) is 6.21. The summed E-state index contributed by atoms with van der Waals surface area (Å²) in [7, 11) is 1.67. The lowest BCUT2D eigenvalue weighted by Gasteiger charge is -2.31. The molecule has 1 saturated carbocycles. The van der Waals surface area contributed by atoms with Gasteiger partial charge in [0.05, 0.1) is 24.2 Å². The van der Waals surface area contributed by atoms with Gasteiger partial charge in [0.1, 0.15) is 11.6 Å². The quantitative estimate of drug-likeness (QED) is 0.672. The number of amides is 2. The predicted octanol–water partition coefficient (Wildman–Crippen LogP) is 4.56. The minimum atomic E-state index is -0.0152. The van der Waals surface area contributed by atoms with E-state index in [9.17, 15) is 4.79 Å². The monoisotopic (exact) mass is 443 g/mol. The van der Waals surface area contributed by atoms with Crippen LogP contribution in [0.2, 0.25) is 0 Å². The van der Waals surface area contributed by atoms with Gasteiger partial charge in [0.15, 0.2) is 0 Å². The van der Waals surface area contributed by atoms with E-state index in [-0.39, 0.29) is 6.03 Å². The Morgan fingerprint density at radius 2 is 2.15 bits per heavy atom. The van der Waals surface area contributed by atoms with Gasteiger partial charge in [-0.15, -0.1) is 0 Å². The summed E-state index contributed by atoms with van der Waals surface area (Å²) in [5.41, 5.74) is 4.86. The summed E-state index contributed by atoms with van der Waals surface area (Å²) in [6, 6.07) is 8.19. The van der Waals surface area contributed by atoms with Gasteiger partial charge < -0.3 is 15.0 Å². The molecule has 1 N–H and O–H groups in total. The molecule has 0 atom stereocenters. The SMILES string of the molecule is COC1=CC=C2N=C(CCN(CC3CC3)C(=O)N3C=CNC=C3c3cccc(C)c3)N=C2C1. The topological polar surface area (TPSA) is 69.5 Å². The third kappa shape index (κ3) is 4.77. The molecular weight excluding hydrogens is 414 g/mol. The highest BCUT2D eigenvalue weighted by Crippen LogP contribution is 2.31. The average molecular weight is 444 g/mol. The van der Waals surface area contributed by atoms with E-state index >= 15 is 0 Å². The second kappa shape index (κ2) is 9.10. The number of nitrogens with zero attached hydrogens (tertiary/aromatic N) is 4. The minimum absolute atomic E-state index is 0.0152. The molecule has 1 fully saturated rings. The number of ether oxygens (including phenoxy) is 1. The van der Waals surface area contributed by atoms with Crippen molar-refractivity contribution in [2.75, 3.05) is 20.2 Å². The van der Waals surface area contributed by atoms with E-state index in [2.05, 4.69) is 29.4 Å². The molecule has 170 valence electrons. The molecule has 7 heteroatoms. The number of fused-ring (bicyclic) bond motifs is 1. The normalized spacial score (nSPS) is 19.0. The van der Waals surface area contributed by atoms with Crippen molar-refractivity contribution in [2.24, 2.45) is 15.9 Å². The lowest BCUT2D eigenvalue weighted by molar-refractivity contribution is 0.181. The number of nitrogens with one attached hydrogen (secondary N) is 1. The van der Waals surface area contributed by atoms with Crippen LogP contribution in [0.25, 0.3) is 5.70 Å². The van der Waals surface area contributed by atoms with Crippen LogP contribution in [0.15, 0.2) is 76.5 Å². The molecule has 2 heterocycles. The van der Waals surface area contributed by atoms with Crippen LogP contribution < -0.4 is 5.32 Å². The fraction of sp³-hybridized carbons (Fsp3) is 0.346. The molecule has 0 bridgehead atoms. The van der Waals surface area contributed by atoms with Gasteiger partial charge in [-0.05, 0) is 43.9 Å². The van der Waals surface area contributed by atoms with Gasteiger partial charge in [-0.25, -0.2) is 14.8 Å². The number of aryl methyl sites for hydroxylation is 1. The number of urea groups is 1. The van der Waals surface area contributed by atoms with Crippen LogP contribution in [0.3, 0.4) is 0 Å². The van der Waals surface area contributed by atoms with Crippen LogP contribution in [0.5, 0.6) is 0 Å². The fourth-order valence-electron chi connectivity index (χ4n) is 4.21. The number of benzene rings is 1. The van der Waals surface area contributed by atoms with Crippen molar-refractivity contribution in [3.8, 4) is 0 Å². The van der Waals surface area contributed by atoms with Gasteiger partial charge in [0, 0.05) is 50.1 Å². The van der Waals surface area contributed by atoms with Crippen LogP contribution >= 0.6 is 0 Å². The average Bonchev–Trinajstić information content (AvgIpc) is 3.57. The maximum atomic E-state index is 13.7. The van der Waals surface area contributed by atoms with E-state index in [1.807, 2.05) is 41.6 Å². The first-order chi connectivity index (χ1) is 16.1. The third-order valence-electron chi connectivity index (χ3n) is 6.21. The molecule has 0 spiro atoms. The molecule has 2 aliphatic heterocycles. The van der Waals surface area contributed by atoms with Crippen molar-refractivity contribution in [3.05, 3.63) is 77.6 Å². The van der Waals surface area contributed by atoms with Gasteiger partial charge in [0.25, 0.3) is 0 Å². The number of rotatable bonds is 7. The van der Waals surface area contributed by atoms with E-state index in [0.717, 1.165) is 46.4 Å². The molecule has 4 aliphatic rings. The van der Waals surface area contributed by atoms with E-state index in [0.29, 0.717) is 25.3 Å². The Morgan fingerprint density at radius 1 is 1.27 bits per heavy atom. The van der Waals surface area contributed by atoms with Crippen molar-refractivity contribution in [1.82, 2.24) is 15.1 Å². The molecule has 1 aromatic carbocycles. The zero-order valence-corrected chi connectivity index (χ0v) is 19.1. The number of aliphatic imine (C=N–C) groups is 2. The number of carbonyl (C=O) groups is 1. The molecule has 7 nitrogen and oxygen atoms in total. The summed E-state index contributed by atoms with van der Waals surface area (Å²) in [6.45, 7) is 3.41. The Morgan fingerprint density at radius 3 is 2.94 bits per heavy atom. The van der Waals surface area contributed by atoms with Crippen LogP contribution in [-0.2, 0) is 4.74 Å². The first kappa shape index (κ1) is 21.2. The molecule has 1 aromatic rings. The van der Waals surface area contributed by atoms with E-state index < -0.39 is 0 Å². The number of carbonyl (C=O) groups excluding carboxylic acids is 1. The van der Waals surface area contributed by atoms with Gasteiger partial charge in [-0.3, -0.25) is 4.90 Å². The lowest BCUT2D eigenvalue weighted by atomic mass is 10.1. The molecular formula is C26H29N5O2. The molecule has 2 amide bonds. The highest BCUT2D eigenvalue weighted by molar-refractivity contribution is 6.14. The number of methoxy groups -OCH3 is 1. The van der Waals surface area contributed by atoms with Crippen LogP contribution in [0.1, 0.15) is 36.8 Å². The van der Waals surface area contributed by atoms with Crippen molar-refractivity contribution in [2.45, 2.75) is 32.6 Å². The fourth-order valence-corrected chi connectivity index (χ4v) is 4.21. The Hall–Kier alpha value is -3.61. The summed E-state index contributed by atoms with van der Waals surface area (Å²) < 4.78 is 5.35. The van der Waals surface area contributed by atoms with Crippen molar-refractivity contribution >= 4 is 23.3 Å². The van der Waals surface area contributed by atoms with E-state index in [4.69, 9.17) is 9.73 Å². The lowest BCUT2D eigenvalue weighted by Crippen LogP contribution is -2.43. The van der Waals surface area contributed by atoms with E-state index in [1.54, 1.807) is 18.2 Å². The molecule has 2 aliphatic carbocycles. The Labute approximate surface area is 194 Å². The maximum Gasteiger partial charge on any atom is 0.328 e. The van der Waals surface area contributed by atoms with Crippen LogP contribution in [0.4, 0.5) is 4.79 Å². The number of amidine groups is 1.